The van der Waals surface area contributed by atoms with Crippen molar-refractivity contribution in [2.24, 2.45) is 0 Å². The van der Waals surface area contributed by atoms with Crippen LogP contribution in [0.2, 0.25) is 0 Å². The Bertz CT molecular complexity index is 1260. The fourth-order valence-corrected chi connectivity index (χ4v) is 3.68. The highest BCUT2D eigenvalue weighted by Gasteiger charge is 2.47. The van der Waals surface area contributed by atoms with Crippen LogP contribution < -0.4 is 4.90 Å². The number of aromatic nitrogens is 1. The first-order valence-electron chi connectivity index (χ1n) is 9.65. The Kier molecular flexibility index (Phi) is 8.03. The molecule has 2 aromatic rings. The highest BCUT2D eigenvalue weighted by atomic mass is 32.2. The van der Waals surface area contributed by atoms with Crippen LogP contribution in [0.4, 0.5) is 36.8 Å². The Balaban J connectivity index is 0.000000572. The van der Waals surface area contributed by atoms with E-state index in [1.807, 2.05) is 6.92 Å². The van der Waals surface area contributed by atoms with Gasteiger partial charge in [0, 0.05) is 18.9 Å². The number of pyridine rings is 1. The molecule has 0 unspecified atom stereocenters. The first kappa shape index (κ1) is 28.5. The van der Waals surface area contributed by atoms with Gasteiger partial charge in [-0.2, -0.15) is 26.3 Å². The summed E-state index contributed by atoms with van der Waals surface area (Å²) in [5.74, 6) is -3.32. The fourth-order valence-electron chi connectivity index (χ4n) is 2.92. The van der Waals surface area contributed by atoms with Gasteiger partial charge in [-0.25, -0.2) is 22.9 Å². The zero-order valence-electron chi connectivity index (χ0n) is 18.3. The average Bonchev–Trinajstić information content (AvgIpc) is 2.97. The maximum Gasteiger partial charge on any atom is 0.501 e. The van der Waals surface area contributed by atoms with Gasteiger partial charge in [0.25, 0.3) is 15.7 Å². The van der Waals surface area contributed by atoms with Gasteiger partial charge < -0.3 is 10.0 Å². The van der Waals surface area contributed by atoms with Gasteiger partial charge in [0.05, 0.1) is 10.6 Å². The molecule has 0 bridgehead atoms. The summed E-state index contributed by atoms with van der Waals surface area (Å²) in [5, 5.41) is 7.12. The number of alkyl halides is 6. The van der Waals surface area contributed by atoms with Crippen LogP contribution in [0, 0.1) is 6.92 Å². The van der Waals surface area contributed by atoms with Crippen molar-refractivity contribution in [3.8, 4) is 0 Å². The summed E-state index contributed by atoms with van der Waals surface area (Å²) in [5.41, 5.74) is -3.83. The molecule has 36 heavy (non-hydrogen) atoms. The molecule has 1 aliphatic rings. The Morgan fingerprint density at radius 3 is 2.03 bits per heavy atom. The molecule has 0 aliphatic carbocycles. The maximum atomic E-state index is 12.8. The molecule has 0 spiro atoms. The molecule has 1 fully saturated rings. The lowest BCUT2D eigenvalue weighted by Gasteiger charge is -2.20. The number of benzene rings is 1. The van der Waals surface area contributed by atoms with E-state index in [1.165, 1.54) is 4.90 Å². The second-order valence-electron chi connectivity index (χ2n) is 7.31. The van der Waals surface area contributed by atoms with Crippen LogP contribution in [0.1, 0.15) is 18.1 Å². The number of hydrogen-bond acceptors (Lipinski definition) is 6. The number of amides is 3. The minimum Gasteiger partial charge on any atom is -0.475 e. The number of carboxylic acids is 1. The lowest BCUT2D eigenvalue weighted by molar-refractivity contribution is -0.192. The summed E-state index contributed by atoms with van der Waals surface area (Å²) in [4.78, 5) is 39.4. The number of hydrogen-bond donors (Lipinski definition) is 1. The minimum absolute atomic E-state index is 0.0121. The van der Waals surface area contributed by atoms with Crippen LogP contribution in [0.25, 0.3) is 0 Å². The zero-order chi connectivity index (χ0) is 27.6. The van der Waals surface area contributed by atoms with E-state index < -0.39 is 50.4 Å². The van der Waals surface area contributed by atoms with E-state index in [-0.39, 0.29) is 12.2 Å². The van der Waals surface area contributed by atoms with Crippen LogP contribution in [0.5, 0.6) is 0 Å². The number of halogens is 6. The van der Waals surface area contributed by atoms with Crippen LogP contribution in [0.3, 0.4) is 0 Å². The molecule has 1 atom stereocenters. The van der Waals surface area contributed by atoms with Gasteiger partial charge in [-0.05, 0) is 55.3 Å². The van der Waals surface area contributed by atoms with E-state index in [1.54, 1.807) is 25.4 Å². The van der Waals surface area contributed by atoms with Crippen molar-refractivity contribution < 1.29 is 54.3 Å². The van der Waals surface area contributed by atoms with Gasteiger partial charge in [0.15, 0.2) is 0 Å². The molecule has 196 valence electrons. The third-order valence-corrected chi connectivity index (χ3v) is 6.41. The monoisotopic (exact) mass is 541 g/mol. The fraction of sp³-hybridized carbons (Fsp3) is 0.300. The number of rotatable bonds is 4. The van der Waals surface area contributed by atoms with Crippen molar-refractivity contribution >= 4 is 33.4 Å². The first-order chi connectivity index (χ1) is 16.4. The molecule has 0 radical (unpaired) electrons. The van der Waals surface area contributed by atoms with Gasteiger partial charge >= 0.3 is 23.7 Å². The third kappa shape index (κ3) is 5.92. The maximum absolute atomic E-state index is 12.8. The van der Waals surface area contributed by atoms with E-state index in [9.17, 15) is 44.3 Å². The Labute approximate surface area is 199 Å². The number of imide groups is 1. The molecule has 3 rings (SSSR count). The normalized spacial score (nSPS) is 16.6. The van der Waals surface area contributed by atoms with E-state index in [2.05, 4.69) is 4.98 Å². The molecule has 9 nitrogen and oxygen atoms in total. The Morgan fingerprint density at radius 1 is 1.06 bits per heavy atom. The summed E-state index contributed by atoms with van der Waals surface area (Å²) in [7, 11) is -5.52. The predicted octanol–water partition coefficient (Wildman–Crippen LogP) is 3.67. The van der Waals surface area contributed by atoms with Gasteiger partial charge in [-0.3, -0.25) is 9.78 Å². The summed E-state index contributed by atoms with van der Waals surface area (Å²) in [6.45, 7) is 3.50. The van der Waals surface area contributed by atoms with Gasteiger partial charge in [-0.15, -0.1) is 0 Å². The second kappa shape index (κ2) is 10.1. The number of aryl methyl sites for hydroxylation is 1. The molecule has 3 amide bonds. The zero-order valence-corrected chi connectivity index (χ0v) is 19.1. The summed E-state index contributed by atoms with van der Waals surface area (Å²) >= 11 is 0. The molecule has 1 aliphatic heterocycles. The molecular formula is C20H17F6N3O6S. The number of carbonyl (C=O) groups is 3. The largest absolute Gasteiger partial charge is 0.501 e. The van der Waals surface area contributed by atoms with E-state index in [0.717, 1.165) is 40.3 Å². The summed E-state index contributed by atoms with van der Waals surface area (Å²) in [6, 6.07) is 3.72. The Morgan fingerprint density at radius 2 is 1.58 bits per heavy atom. The lowest BCUT2D eigenvalue weighted by atomic mass is 10.1. The highest BCUT2D eigenvalue weighted by Crippen LogP contribution is 2.33. The number of carbonyl (C=O) groups excluding carboxylic acids is 2. The number of sulfone groups is 1. The number of nitrogens with zero attached hydrogens (tertiary/aromatic N) is 3. The molecule has 1 saturated heterocycles. The Hall–Kier alpha value is -3.69. The smallest absolute Gasteiger partial charge is 0.475 e. The average molecular weight is 541 g/mol. The van der Waals surface area contributed by atoms with E-state index in [4.69, 9.17) is 9.90 Å². The summed E-state index contributed by atoms with van der Waals surface area (Å²) < 4.78 is 92.7. The van der Waals surface area contributed by atoms with Gasteiger partial charge in [0.2, 0.25) is 0 Å². The SMILES string of the molecule is Cc1cnccc1CN1C(=O)N(c2ccc(S(=O)(=O)C(F)(F)F)cc2)C(=O)[C@@H]1C.O=C(O)C(F)(F)F. The molecule has 2 heterocycles. The quantitative estimate of drug-likeness (QED) is 0.463. The van der Waals surface area contributed by atoms with E-state index >= 15 is 0 Å². The first-order valence-corrected chi connectivity index (χ1v) is 11.1. The molecule has 1 N–H and O–H groups in total. The third-order valence-electron chi connectivity index (χ3n) is 4.91. The molecule has 0 saturated carbocycles. The number of anilines is 1. The number of carboxylic acid groups (broad SMARTS) is 1. The van der Waals surface area contributed by atoms with Crippen molar-refractivity contribution in [3.63, 3.8) is 0 Å². The standard InChI is InChI=1S/C18H16F3N3O4S.C2HF3O2/c1-11-9-22-8-7-13(11)10-23-12(2)16(25)24(17(23)26)14-3-5-15(6-4-14)29(27,28)18(19,20)21;3-2(4,5)1(6)7/h3-9,12H,10H2,1-2H3;(H,6,7)/t12-;/m0./s1. The molecule has 1 aromatic carbocycles. The lowest BCUT2D eigenvalue weighted by Crippen LogP contribution is -2.33. The number of aliphatic carboxylic acids is 1. The minimum atomic E-state index is -5.52. The van der Waals surface area contributed by atoms with Crippen LogP contribution >= 0.6 is 0 Å². The predicted molar refractivity (Wildman–Crippen MR) is 110 cm³/mol. The van der Waals surface area contributed by atoms with Gasteiger partial charge in [-0.1, -0.05) is 0 Å². The molecule has 1 aromatic heterocycles. The van der Waals surface area contributed by atoms with Crippen molar-refractivity contribution in [2.45, 2.75) is 43.0 Å². The van der Waals surface area contributed by atoms with Crippen LogP contribution in [-0.2, 0) is 26.0 Å². The topological polar surface area (TPSA) is 125 Å². The van der Waals surface area contributed by atoms with Crippen molar-refractivity contribution in [3.05, 3.63) is 53.9 Å². The number of urea groups is 1. The van der Waals surface area contributed by atoms with Gasteiger partial charge in [0.1, 0.15) is 6.04 Å². The van der Waals surface area contributed by atoms with Crippen LogP contribution in [-0.4, -0.2) is 59.0 Å². The van der Waals surface area contributed by atoms with Crippen molar-refractivity contribution in [2.75, 3.05) is 4.90 Å². The van der Waals surface area contributed by atoms with E-state index in [0.29, 0.717) is 0 Å². The molecular weight excluding hydrogens is 524 g/mol. The summed E-state index contributed by atoms with van der Waals surface area (Å²) in [6.07, 6.45) is -1.90. The van der Waals surface area contributed by atoms with Crippen molar-refractivity contribution in [1.82, 2.24) is 9.88 Å². The van der Waals surface area contributed by atoms with Crippen LogP contribution in [0.15, 0.2) is 47.6 Å². The van der Waals surface area contributed by atoms with Crippen molar-refractivity contribution in [1.29, 1.82) is 0 Å². The second-order valence-corrected chi connectivity index (χ2v) is 9.25. The highest BCUT2D eigenvalue weighted by molar-refractivity contribution is 7.92. The molecule has 16 heteroatoms.